The Morgan fingerprint density at radius 1 is 1.03 bits per heavy atom. The van der Waals surface area contributed by atoms with Crippen LogP contribution < -0.4 is 15.0 Å². The highest BCUT2D eigenvalue weighted by molar-refractivity contribution is 5.99. The molecule has 1 aliphatic rings. The van der Waals surface area contributed by atoms with Crippen LogP contribution in [0.1, 0.15) is 5.56 Å². The van der Waals surface area contributed by atoms with E-state index in [0.29, 0.717) is 12.1 Å². The van der Waals surface area contributed by atoms with Crippen molar-refractivity contribution in [2.45, 2.75) is 0 Å². The summed E-state index contributed by atoms with van der Waals surface area (Å²) in [7, 11) is 1.67. The smallest absolute Gasteiger partial charge is 0.322 e. The molecule has 2 aromatic rings. The van der Waals surface area contributed by atoms with Gasteiger partial charge in [0, 0.05) is 38.3 Å². The zero-order valence-electron chi connectivity index (χ0n) is 17.1. The first kappa shape index (κ1) is 21.4. The van der Waals surface area contributed by atoms with Crippen LogP contribution in [0.4, 0.5) is 5.69 Å². The molecule has 7 heteroatoms. The van der Waals surface area contributed by atoms with Crippen molar-refractivity contribution in [3.8, 4) is 5.75 Å². The lowest BCUT2D eigenvalue weighted by atomic mass is 10.1. The number of hydrogen-bond donors (Lipinski definition) is 2. The molecule has 0 aromatic heterocycles. The van der Waals surface area contributed by atoms with E-state index >= 15 is 0 Å². The topological polar surface area (TPSA) is 82.1 Å². The van der Waals surface area contributed by atoms with Crippen molar-refractivity contribution in [1.29, 1.82) is 0 Å². The van der Waals surface area contributed by atoms with E-state index in [1.807, 2.05) is 54.6 Å². The number of carboxylic acid groups (broad SMARTS) is 1. The number of carbonyl (C=O) groups is 2. The second kappa shape index (κ2) is 10.5. The summed E-state index contributed by atoms with van der Waals surface area (Å²) in [5, 5.41) is 11.4. The largest absolute Gasteiger partial charge is 0.495 e. The van der Waals surface area contributed by atoms with Gasteiger partial charge in [0.25, 0.3) is 0 Å². The predicted molar refractivity (Wildman–Crippen MR) is 117 cm³/mol. The summed E-state index contributed by atoms with van der Waals surface area (Å²) < 4.78 is 5.47. The summed E-state index contributed by atoms with van der Waals surface area (Å²) >= 11 is 0. The number of carboxylic acids is 1. The Kier molecular flexibility index (Phi) is 7.45. The second-order valence-electron chi connectivity index (χ2n) is 7.09. The maximum atomic E-state index is 12.6. The van der Waals surface area contributed by atoms with E-state index in [1.165, 1.54) is 0 Å². The minimum Gasteiger partial charge on any atom is -0.495 e. The van der Waals surface area contributed by atoms with Gasteiger partial charge in [0.2, 0.25) is 5.91 Å². The monoisotopic (exact) mass is 409 g/mol. The second-order valence-corrected chi connectivity index (χ2v) is 7.09. The molecule has 1 fully saturated rings. The summed E-state index contributed by atoms with van der Waals surface area (Å²) in [6, 6.07) is 17.5. The molecule has 2 aromatic carbocycles. The Morgan fingerprint density at radius 2 is 1.70 bits per heavy atom. The van der Waals surface area contributed by atoms with Gasteiger partial charge in [0.05, 0.1) is 12.8 Å². The molecule has 0 bridgehead atoms. The van der Waals surface area contributed by atoms with Gasteiger partial charge >= 0.3 is 5.97 Å². The number of nitrogens with zero attached hydrogens (tertiary/aromatic N) is 2. The molecule has 1 heterocycles. The van der Waals surface area contributed by atoms with Gasteiger partial charge in [-0.15, -0.1) is 0 Å². The summed E-state index contributed by atoms with van der Waals surface area (Å²) in [5.74, 6) is -0.565. The fraction of sp³-hybridized carbons (Fsp3) is 0.304. The Bertz CT molecular complexity index is 890. The summed E-state index contributed by atoms with van der Waals surface area (Å²) in [6.45, 7) is 3.27. The van der Waals surface area contributed by atoms with Crippen LogP contribution in [0.2, 0.25) is 0 Å². The Balaban J connectivity index is 1.67. The molecular formula is C23H27N3O4. The van der Waals surface area contributed by atoms with E-state index in [9.17, 15) is 9.59 Å². The maximum absolute atomic E-state index is 12.6. The van der Waals surface area contributed by atoms with E-state index in [4.69, 9.17) is 9.84 Å². The van der Waals surface area contributed by atoms with Gasteiger partial charge < -0.3 is 20.1 Å². The van der Waals surface area contributed by atoms with Crippen molar-refractivity contribution in [2.24, 2.45) is 0 Å². The minimum absolute atomic E-state index is 0.353. The highest BCUT2D eigenvalue weighted by atomic mass is 16.5. The number of nitrogens with one attached hydrogen (secondary N) is 1. The number of anilines is 1. The van der Waals surface area contributed by atoms with E-state index in [-0.39, 0.29) is 5.91 Å². The number of aliphatic carboxylic acids is 1. The highest BCUT2D eigenvalue weighted by Gasteiger charge is 2.22. The van der Waals surface area contributed by atoms with E-state index in [0.717, 1.165) is 43.2 Å². The molecule has 0 aliphatic carbocycles. The molecule has 7 nitrogen and oxygen atoms in total. The van der Waals surface area contributed by atoms with E-state index in [2.05, 4.69) is 21.2 Å². The molecule has 1 aliphatic heterocycles. The Hall–Kier alpha value is -3.32. The number of methoxy groups -OCH3 is 1. The van der Waals surface area contributed by atoms with Crippen molar-refractivity contribution in [2.75, 3.05) is 51.3 Å². The number of hydrogen-bond acceptors (Lipinski definition) is 5. The van der Waals surface area contributed by atoms with Crippen LogP contribution in [0.5, 0.6) is 5.75 Å². The number of piperazine rings is 1. The van der Waals surface area contributed by atoms with E-state index < -0.39 is 12.5 Å². The molecule has 0 saturated carbocycles. The lowest BCUT2D eigenvalue weighted by Gasteiger charge is -2.36. The molecule has 30 heavy (non-hydrogen) atoms. The standard InChI is InChI=1S/C23H27N3O4/c1-30-21-10-6-5-9-20(21)26-13-11-25(12-14-26)17-19(23(29)24-16-22(27)28)15-18-7-3-2-4-8-18/h2-10,15H,11-14,16-17H2,1H3,(H,24,29)(H,27,28)/b19-15+. The summed E-state index contributed by atoms with van der Waals surface area (Å²) in [6.07, 6.45) is 1.82. The van der Waals surface area contributed by atoms with Crippen molar-refractivity contribution in [3.05, 3.63) is 65.7 Å². The molecule has 0 radical (unpaired) electrons. The SMILES string of the molecule is COc1ccccc1N1CCN(C/C(=C\c2ccccc2)C(=O)NCC(=O)O)CC1. The predicted octanol–water partition coefficient (Wildman–Crippen LogP) is 2.10. The van der Waals surface area contributed by atoms with Gasteiger partial charge in [0.1, 0.15) is 12.3 Å². The first-order chi connectivity index (χ1) is 14.6. The average molecular weight is 409 g/mol. The molecule has 2 N–H and O–H groups in total. The third-order valence-corrected chi connectivity index (χ3v) is 5.02. The third-order valence-electron chi connectivity index (χ3n) is 5.02. The molecule has 0 unspecified atom stereocenters. The number of para-hydroxylation sites is 2. The lowest BCUT2D eigenvalue weighted by molar-refractivity contribution is -0.137. The highest BCUT2D eigenvalue weighted by Crippen LogP contribution is 2.28. The van der Waals surface area contributed by atoms with Crippen LogP contribution in [0.25, 0.3) is 6.08 Å². The molecule has 158 valence electrons. The van der Waals surface area contributed by atoms with Crippen LogP contribution in [0, 0.1) is 0 Å². The number of amides is 1. The summed E-state index contributed by atoms with van der Waals surface area (Å²) in [4.78, 5) is 27.9. The molecule has 0 spiro atoms. The van der Waals surface area contributed by atoms with Crippen LogP contribution in [0.3, 0.4) is 0 Å². The number of ether oxygens (including phenoxy) is 1. The Morgan fingerprint density at radius 3 is 2.37 bits per heavy atom. The van der Waals surface area contributed by atoms with Gasteiger partial charge in [0.15, 0.2) is 0 Å². The molecule has 0 atom stereocenters. The molecule has 1 saturated heterocycles. The quantitative estimate of drug-likeness (QED) is 0.650. The third kappa shape index (κ3) is 5.84. The van der Waals surface area contributed by atoms with Gasteiger partial charge in [-0.1, -0.05) is 42.5 Å². The van der Waals surface area contributed by atoms with Crippen LogP contribution in [0.15, 0.2) is 60.2 Å². The van der Waals surface area contributed by atoms with Gasteiger partial charge in [-0.05, 0) is 23.8 Å². The zero-order chi connectivity index (χ0) is 21.3. The fourth-order valence-electron chi connectivity index (χ4n) is 3.48. The number of benzene rings is 2. The summed E-state index contributed by atoms with van der Waals surface area (Å²) in [5.41, 5.74) is 2.53. The Labute approximate surface area is 176 Å². The zero-order valence-corrected chi connectivity index (χ0v) is 17.1. The van der Waals surface area contributed by atoms with Crippen molar-refractivity contribution < 1.29 is 19.4 Å². The first-order valence-electron chi connectivity index (χ1n) is 9.93. The molecular weight excluding hydrogens is 382 g/mol. The van der Waals surface area contributed by atoms with E-state index in [1.54, 1.807) is 7.11 Å². The van der Waals surface area contributed by atoms with Gasteiger partial charge in [-0.3, -0.25) is 14.5 Å². The van der Waals surface area contributed by atoms with Crippen LogP contribution in [-0.4, -0.2) is 68.3 Å². The van der Waals surface area contributed by atoms with Crippen molar-refractivity contribution in [3.63, 3.8) is 0 Å². The lowest BCUT2D eigenvalue weighted by Crippen LogP contribution is -2.48. The van der Waals surface area contributed by atoms with Crippen LogP contribution >= 0.6 is 0 Å². The first-order valence-corrected chi connectivity index (χ1v) is 9.93. The van der Waals surface area contributed by atoms with Crippen molar-refractivity contribution >= 4 is 23.6 Å². The minimum atomic E-state index is -1.06. The fourth-order valence-corrected chi connectivity index (χ4v) is 3.48. The molecule has 1 amide bonds. The average Bonchev–Trinajstić information content (AvgIpc) is 2.78. The van der Waals surface area contributed by atoms with Gasteiger partial charge in [-0.2, -0.15) is 0 Å². The van der Waals surface area contributed by atoms with Crippen LogP contribution in [-0.2, 0) is 9.59 Å². The van der Waals surface area contributed by atoms with Crippen molar-refractivity contribution in [1.82, 2.24) is 10.2 Å². The molecule has 3 rings (SSSR count). The normalized spacial score (nSPS) is 15.0. The number of rotatable bonds is 8. The number of carbonyl (C=O) groups excluding carboxylic acids is 1. The van der Waals surface area contributed by atoms with Gasteiger partial charge in [-0.25, -0.2) is 0 Å². The maximum Gasteiger partial charge on any atom is 0.322 e.